The monoisotopic (exact) mass is 396 g/mol. The van der Waals surface area contributed by atoms with E-state index in [1.165, 1.54) is 0 Å². The molecule has 8 nitrogen and oxygen atoms in total. The Labute approximate surface area is 168 Å². The SMILES string of the molecule is Cn1ncc2cc(C(N)=O)c(Oc3ccc(OCCNC4CCOC4)cc3)cc21. The van der Waals surface area contributed by atoms with Gasteiger partial charge in [0.2, 0.25) is 0 Å². The number of primary amides is 1. The molecule has 0 aliphatic carbocycles. The van der Waals surface area contributed by atoms with Crippen LogP contribution in [0, 0.1) is 0 Å². The van der Waals surface area contributed by atoms with Crippen molar-refractivity contribution in [1.82, 2.24) is 15.1 Å². The molecule has 0 saturated carbocycles. The van der Waals surface area contributed by atoms with Gasteiger partial charge in [0.1, 0.15) is 23.9 Å². The second-order valence-corrected chi connectivity index (χ2v) is 6.98. The molecular weight excluding hydrogens is 372 g/mol. The Kier molecular flexibility index (Phi) is 5.64. The first kappa shape index (κ1) is 19.2. The van der Waals surface area contributed by atoms with E-state index in [4.69, 9.17) is 19.9 Å². The summed E-state index contributed by atoms with van der Waals surface area (Å²) >= 11 is 0. The largest absolute Gasteiger partial charge is 0.492 e. The zero-order valence-corrected chi connectivity index (χ0v) is 16.3. The standard InChI is InChI=1S/C21H24N4O4/c1-25-19-11-20(18(21(22)26)10-14(19)12-24-25)29-17-4-2-16(3-5-17)28-9-7-23-15-6-8-27-13-15/h2-5,10-12,15,23H,6-9,13H2,1H3,(H2,22,26). The van der Waals surface area contributed by atoms with Crippen molar-refractivity contribution >= 4 is 16.8 Å². The van der Waals surface area contributed by atoms with Gasteiger partial charge in [-0.15, -0.1) is 0 Å². The van der Waals surface area contributed by atoms with E-state index in [2.05, 4.69) is 10.4 Å². The fraction of sp³-hybridized carbons (Fsp3) is 0.333. The minimum atomic E-state index is -0.550. The molecule has 2 heterocycles. The number of rotatable bonds is 8. The highest BCUT2D eigenvalue weighted by molar-refractivity contribution is 6.00. The summed E-state index contributed by atoms with van der Waals surface area (Å²) in [7, 11) is 1.83. The summed E-state index contributed by atoms with van der Waals surface area (Å²) in [5.74, 6) is 1.18. The number of nitrogens with two attached hydrogens (primary N) is 1. The average Bonchev–Trinajstić information content (AvgIpc) is 3.36. The number of aromatic nitrogens is 2. The number of fused-ring (bicyclic) bond motifs is 1. The van der Waals surface area contributed by atoms with Gasteiger partial charge in [-0.1, -0.05) is 0 Å². The number of carbonyl (C=O) groups is 1. The van der Waals surface area contributed by atoms with Crippen molar-refractivity contribution in [3.63, 3.8) is 0 Å². The van der Waals surface area contributed by atoms with Crippen LogP contribution < -0.4 is 20.5 Å². The maximum atomic E-state index is 11.8. The Morgan fingerprint density at radius 3 is 2.83 bits per heavy atom. The third-order valence-corrected chi connectivity index (χ3v) is 4.90. The average molecular weight is 396 g/mol. The van der Waals surface area contributed by atoms with Gasteiger partial charge < -0.3 is 25.3 Å². The number of nitrogens with zero attached hydrogens (tertiary/aromatic N) is 2. The van der Waals surface area contributed by atoms with Crippen LogP contribution in [-0.4, -0.2) is 48.1 Å². The molecule has 0 bridgehead atoms. The third kappa shape index (κ3) is 4.49. The molecule has 8 heteroatoms. The normalized spacial score (nSPS) is 16.2. The molecule has 1 unspecified atom stereocenters. The lowest BCUT2D eigenvalue weighted by molar-refractivity contribution is 0.0998. The molecule has 3 N–H and O–H groups in total. The van der Waals surface area contributed by atoms with Crippen LogP contribution in [0.15, 0.2) is 42.6 Å². The van der Waals surface area contributed by atoms with Crippen molar-refractivity contribution < 1.29 is 19.0 Å². The minimum Gasteiger partial charge on any atom is -0.492 e. The number of carbonyl (C=O) groups excluding carboxylic acids is 1. The second kappa shape index (κ2) is 8.50. The van der Waals surface area contributed by atoms with E-state index >= 15 is 0 Å². The number of hydrogen-bond acceptors (Lipinski definition) is 6. The molecule has 1 aliphatic heterocycles. The number of ether oxygens (including phenoxy) is 3. The summed E-state index contributed by atoms with van der Waals surface area (Å²) in [4.78, 5) is 11.8. The summed E-state index contributed by atoms with van der Waals surface area (Å²) in [6.45, 7) is 2.92. The van der Waals surface area contributed by atoms with E-state index < -0.39 is 5.91 Å². The van der Waals surface area contributed by atoms with Gasteiger partial charge in [-0.3, -0.25) is 9.48 Å². The number of hydrogen-bond donors (Lipinski definition) is 2. The first-order valence-corrected chi connectivity index (χ1v) is 9.57. The molecule has 0 radical (unpaired) electrons. The molecule has 29 heavy (non-hydrogen) atoms. The highest BCUT2D eigenvalue weighted by Gasteiger charge is 2.15. The summed E-state index contributed by atoms with van der Waals surface area (Å²) in [5.41, 5.74) is 6.69. The van der Waals surface area contributed by atoms with Crippen molar-refractivity contribution in [2.75, 3.05) is 26.4 Å². The van der Waals surface area contributed by atoms with Crippen LogP contribution in [-0.2, 0) is 11.8 Å². The van der Waals surface area contributed by atoms with Gasteiger partial charge >= 0.3 is 0 Å². The smallest absolute Gasteiger partial charge is 0.252 e. The van der Waals surface area contributed by atoms with Crippen molar-refractivity contribution in [3.05, 3.63) is 48.2 Å². The molecule has 1 atom stereocenters. The first-order chi connectivity index (χ1) is 14.1. The quantitative estimate of drug-likeness (QED) is 0.566. The molecule has 152 valence electrons. The first-order valence-electron chi connectivity index (χ1n) is 9.57. The predicted octanol–water partition coefficient (Wildman–Crippen LogP) is 2.22. The van der Waals surface area contributed by atoms with Gasteiger partial charge in [0.25, 0.3) is 5.91 Å². The van der Waals surface area contributed by atoms with Crippen LogP contribution in [0.25, 0.3) is 10.9 Å². The third-order valence-electron chi connectivity index (χ3n) is 4.90. The van der Waals surface area contributed by atoms with Crippen LogP contribution in [0.1, 0.15) is 16.8 Å². The fourth-order valence-corrected chi connectivity index (χ4v) is 3.32. The molecule has 4 rings (SSSR count). The van der Waals surface area contributed by atoms with Crippen LogP contribution >= 0.6 is 0 Å². The van der Waals surface area contributed by atoms with Gasteiger partial charge in [0, 0.05) is 37.7 Å². The highest BCUT2D eigenvalue weighted by atomic mass is 16.5. The van der Waals surface area contributed by atoms with Crippen LogP contribution in [0.2, 0.25) is 0 Å². The van der Waals surface area contributed by atoms with Crippen molar-refractivity contribution in [2.24, 2.45) is 12.8 Å². The predicted molar refractivity (Wildman–Crippen MR) is 108 cm³/mol. The van der Waals surface area contributed by atoms with Gasteiger partial charge in [0.15, 0.2) is 0 Å². The zero-order valence-electron chi connectivity index (χ0n) is 16.3. The fourth-order valence-electron chi connectivity index (χ4n) is 3.32. The number of amides is 1. The second-order valence-electron chi connectivity index (χ2n) is 6.98. The van der Waals surface area contributed by atoms with Crippen molar-refractivity contribution in [1.29, 1.82) is 0 Å². The minimum absolute atomic E-state index is 0.313. The van der Waals surface area contributed by atoms with E-state index in [-0.39, 0.29) is 0 Å². The highest BCUT2D eigenvalue weighted by Crippen LogP contribution is 2.30. The lowest BCUT2D eigenvalue weighted by Crippen LogP contribution is -2.32. The Hall–Kier alpha value is -3.10. The van der Waals surface area contributed by atoms with E-state index in [1.54, 1.807) is 35.1 Å². The summed E-state index contributed by atoms with van der Waals surface area (Å²) in [5, 5.41) is 8.43. The Morgan fingerprint density at radius 2 is 2.10 bits per heavy atom. The molecule has 1 aliphatic rings. The number of benzene rings is 2. The van der Waals surface area contributed by atoms with Crippen molar-refractivity contribution in [2.45, 2.75) is 12.5 Å². The molecule has 0 spiro atoms. The topological polar surface area (TPSA) is 101 Å². The van der Waals surface area contributed by atoms with Crippen molar-refractivity contribution in [3.8, 4) is 17.2 Å². The molecule has 1 fully saturated rings. The Morgan fingerprint density at radius 1 is 1.31 bits per heavy atom. The van der Waals surface area contributed by atoms with Gasteiger partial charge in [0.05, 0.1) is 23.9 Å². The van der Waals surface area contributed by atoms with Crippen LogP contribution in [0.3, 0.4) is 0 Å². The van der Waals surface area contributed by atoms with Crippen LogP contribution in [0.5, 0.6) is 17.2 Å². The molecule has 3 aromatic rings. The van der Waals surface area contributed by atoms with E-state index in [0.29, 0.717) is 29.7 Å². The Bertz CT molecular complexity index is 994. The number of nitrogens with one attached hydrogen (secondary N) is 1. The molecule has 2 aromatic carbocycles. The van der Waals surface area contributed by atoms with Gasteiger partial charge in [-0.25, -0.2) is 0 Å². The maximum absolute atomic E-state index is 11.8. The number of aryl methyl sites for hydroxylation is 1. The van der Waals surface area contributed by atoms with E-state index in [0.717, 1.165) is 42.8 Å². The van der Waals surface area contributed by atoms with Gasteiger partial charge in [-0.05, 0) is 36.8 Å². The molecule has 1 amide bonds. The zero-order chi connectivity index (χ0) is 20.2. The lowest BCUT2D eigenvalue weighted by Gasteiger charge is -2.12. The van der Waals surface area contributed by atoms with Gasteiger partial charge in [-0.2, -0.15) is 5.10 Å². The lowest BCUT2D eigenvalue weighted by atomic mass is 10.1. The summed E-state index contributed by atoms with van der Waals surface area (Å²) < 4.78 is 18.7. The van der Waals surface area contributed by atoms with E-state index in [1.807, 2.05) is 19.2 Å². The van der Waals surface area contributed by atoms with Crippen LogP contribution in [0.4, 0.5) is 0 Å². The summed E-state index contributed by atoms with van der Waals surface area (Å²) in [6, 6.07) is 11.1. The molecular formula is C21H24N4O4. The molecule has 1 saturated heterocycles. The summed E-state index contributed by atoms with van der Waals surface area (Å²) in [6.07, 6.45) is 2.73. The maximum Gasteiger partial charge on any atom is 0.252 e. The Balaban J connectivity index is 1.39. The molecule has 1 aromatic heterocycles. The van der Waals surface area contributed by atoms with E-state index in [9.17, 15) is 4.79 Å².